The van der Waals surface area contributed by atoms with Crippen LogP contribution >= 0.6 is 0 Å². The second-order valence-corrected chi connectivity index (χ2v) is 5.93. The fraction of sp³-hybridized carbons (Fsp3) is 0.733. The zero-order valence-electron chi connectivity index (χ0n) is 12.6. The first-order valence-electron chi connectivity index (χ1n) is 7.07. The number of amides is 2. The van der Waals surface area contributed by atoms with E-state index in [-0.39, 0.29) is 12.6 Å². The first kappa shape index (κ1) is 16.4. The summed E-state index contributed by atoms with van der Waals surface area (Å²) in [5.41, 5.74) is -0.423. The Morgan fingerprint density at radius 1 is 1.50 bits per heavy atom. The highest BCUT2D eigenvalue weighted by Crippen LogP contribution is 2.35. The molecule has 1 fully saturated rings. The van der Waals surface area contributed by atoms with Gasteiger partial charge in [-0.2, -0.15) is 0 Å². The van der Waals surface area contributed by atoms with Crippen molar-refractivity contribution in [1.29, 1.82) is 0 Å². The third kappa shape index (κ3) is 3.44. The minimum atomic E-state index is -0.944. The standard InChI is InChI=1S/C15H24N2O3/c1-5-9-16(10-6-2)14(20)17-11-7-8-15(3,4)12(17)13(18)19/h1,12H,6-11H2,2-4H3,(H,18,19). The summed E-state index contributed by atoms with van der Waals surface area (Å²) in [7, 11) is 0. The summed E-state index contributed by atoms with van der Waals surface area (Å²) in [6.45, 7) is 7.00. The number of carboxylic acid groups (broad SMARTS) is 1. The summed E-state index contributed by atoms with van der Waals surface area (Å²) in [6, 6.07) is -1.05. The SMILES string of the molecule is C#CCN(CCC)C(=O)N1CCCC(C)(C)C1C(=O)O. The van der Waals surface area contributed by atoms with E-state index in [2.05, 4.69) is 5.92 Å². The van der Waals surface area contributed by atoms with Crippen LogP contribution < -0.4 is 0 Å². The van der Waals surface area contributed by atoms with Crippen molar-refractivity contribution in [2.75, 3.05) is 19.6 Å². The number of terminal acetylenes is 1. The third-order valence-corrected chi connectivity index (χ3v) is 3.80. The van der Waals surface area contributed by atoms with Crippen LogP contribution in [-0.4, -0.2) is 52.6 Å². The molecule has 0 aromatic carbocycles. The lowest BCUT2D eigenvalue weighted by molar-refractivity contribution is -0.148. The minimum Gasteiger partial charge on any atom is -0.480 e. The Kier molecular flexibility index (Phi) is 5.43. The van der Waals surface area contributed by atoms with Gasteiger partial charge < -0.3 is 14.9 Å². The van der Waals surface area contributed by atoms with Crippen LogP contribution in [0.3, 0.4) is 0 Å². The molecule has 112 valence electrons. The monoisotopic (exact) mass is 280 g/mol. The largest absolute Gasteiger partial charge is 0.480 e. The Morgan fingerprint density at radius 2 is 2.15 bits per heavy atom. The maximum Gasteiger partial charge on any atom is 0.327 e. The summed E-state index contributed by atoms with van der Waals surface area (Å²) in [6.07, 6.45) is 7.71. The molecule has 1 N–H and O–H groups in total. The van der Waals surface area contributed by atoms with Crippen LogP contribution in [0.2, 0.25) is 0 Å². The molecule has 0 bridgehead atoms. The van der Waals surface area contributed by atoms with Gasteiger partial charge in [0.15, 0.2) is 0 Å². The van der Waals surface area contributed by atoms with E-state index in [0.717, 1.165) is 19.3 Å². The molecule has 1 atom stereocenters. The Morgan fingerprint density at radius 3 is 2.65 bits per heavy atom. The van der Waals surface area contributed by atoms with Crippen LogP contribution in [-0.2, 0) is 4.79 Å². The van der Waals surface area contributed by atoms with Crippen molar-refractivity contribution >= 4 is 12.0 Å². The zero-order valence-corrected chi connectivity index (χ0v) is 12.6. The van der Waals surface area contributed by atoms with E-state index < -0.39 is 17.4 Å². The van der Waals surface area contributed by atoms with Gasteiger partial charge in [0.2, 0.25) is 0 Å². The molecule has 0 aromatic rings. The summed E-state index contributed by atoms with van der Waals surface area (Å²) in [4.78, 5) is 27.2. The normalized spacial score (nSPS) is 21.1. The van der Waals surface area contributed by atoms with Crippen molar-refractivity contribution in [3.05, 3.63) is 0 Å². The predicted octanol–water partition coefficient (Wildman–Crippen LogP) is 2.03. The van der Waals surface area contributed by atoms with Gasteiger partial charge in [0.1, 0.15) is 6.04 Å². The van der Waals surface area contributed by atoms with Crippen molar-refractivity contribution in [1.82, 2.24) is 9.80 Å². The number of nitrogens with zero attached hydrogens (tertiary/aromatic N) is 2. The zero-order chi connectivity index (χ0) is 15.3. The smallest absolute Gasteiger partial charge is 0.327 e. The molecule has 1 saturated heterocycles. The number of urea groups is 1. The number of hydrogen-bond donors (Lipinski definition) is 1. The van der Waals surface area contributed by atoms with E-state index in [0.29, 0.717) is 13.1 Å². The van der Waals surface area contributed by atoms with Gasteiger partial charge in [-0.25, -0.2) is 9.59 Å². The average molecular weight is 280 g/mol. The first-order chi connectivity index (χ1) is 9.35. The van der Waals surface area contributed by atoms with E-state index >= 15 is 0 Å². The van der Waals surface area contributed by atoms with Gasteiger partial charge in [-0.15, -0.1) is 6.42 Å². The lowest BCUT2D eigenvalue weighted by Gasteiger charge is -2.45. The number of piperidine rings is 1. The van der Waals surface area contributed by atoms with Crippen LogP contribution in [0.4, 0.5) is 4.79 Å². The molecule has 1 aliphatic heterocycles. The number of carboxylic acids is 1. The fourth-order valence-electron chi connectivity index (χ4n) is 2.87. The van der Waals surface area contributed by atoms with Crippen molar-refractivity contribution in [3.63, 3.8) is 0 Å². The molecule has 0 aromatic heterocycles. The van der Waals surface area contributed by atoms with Gasteiger partial charge in [-0.1, -0.05) is 26.7 Å². The van der Waals surface area contributed by atoms with Gasteiger partial charge in [0, 0.05) is 13.1 Å². The molecule has 5 heteroatoms. The maximum atomic E-state index is 12.6. The van der Waals surface area contributed by atoms with Gasteiger partial charge >= 0.3 is 12.0 Å². The Bertz CT molecular complexity index is 412. The van der Waals surface area contributed by atoms with Crippen LogP contribution in [0.15, 0.2) is 0 Å². The molecule has 1 aliphatic rings. The van der Waals surface area contributed by atoms with E-state index in [1.807, 2.05) is 20.8 Å². The van der Waals surface area contributed by atoms with Crippen LogP contribution in [0, 0.1) is 17.8 Å². The minimum absolute atomic E-state index is 0.218. The molecular weight excluding hydrogens is 256 g/mol. The number of hydrogen-bond acceptors (Lipinski definition) is 2. The highest BCUT2D eigenvalue weighted by molar-refractivity contribution is 5.83. The summed E-state index contributed by atoms with van der Waals surface area (Å²) < 4.78 is 0. The number of aliphatic carboxylic acids is 1. The molecule has 20 heavy (non-hydrogen) atoms. The highest BCUT2D eigenvalue weighted by Gasteiger charge is 2.45. The van der Waals surface area contributed by atoms with Crippen LogP contribution in [0.5, 0.6) is 0 Å². The predicted molar refractivity (Wildman–Crippen MR) is 77.2 cm³/mol. The van der Waals surface area contributed by atoms with E-state index in [9.17, 15) is 14.7 Å². The van der Waals surface area contributed by atoms with E-state index in [4.69, 9.17) is 6.42 Å². The van der Waals surface area contributed by atoms with Crippen LogP contribution in [0.25, 0.3) is 0 Å². The number of rotatable bonds is 4. The lowest BCUT2D eigenvalue weighted by atomic mass is 9.76. The van der Waals surface area contributed by atoms with Gasteiger partial charge in [0.25, 0.3) is 0 Å². The summed E-state index contributed by atoms with van der Waals surface area (Å²) in [5, 5.41) is 9.48. The molecule has 0 spiro atoms. The second-order valence-electron chi connectivity index (χ2n) is 5.93. The molecule has 1 rings (SSSR count). The maximum absolute atomic E-state index is 12.6. The number of carbonyl (C=O) groups is 2. The molecule has 5 nitrogen and oxygen atoms in total. The second kappa shape index (κ2) is 6.65. The molecule has 0 radical (unpaired) electrons. The van der Waals surface area contributed by atoms with Crippen LogP contribution in [0.1, 0.15) is 40.0 Å². The number of likely N-dealkylation sites (tertiary alicyclic amines) is 1. The van der Waals surface area contributed by atoms with E-state index in [1.165, 1.54) is 4.90 Å². The van der Waals surface area contributed by atoms with Gasteiger partial charge in [-0.3, -0.25) is 0 Å². The van der Waals surface area contributed by atoms with Gasteiger partial charge in [0.05, 0.1) is 6.54 Å². The van der Waals surface area contributed by atoms with Crippen molar-refractivity contribution in [2.24, 2.45) is 5.41 Å². The molecule has 0 aliphatic carbocycles. The Balaban J connectivity index is 2.98. The molecule has 1 unspecified atom stereocenters. The highest BCUT2D eigenvalue weighted by atomic mass is 16.4. The van der Waals surface area contributed by atoms with Crippen molar-refractivity contribution < 1.29 is 14.7 Å². The fourth-order valence-corrected chi connectivity index (χ4v) is 2.87. The van der Waals surface area contributed by atoms with Crippen molar-refractivity contribution in [3.8, 4) is 12.3 Å². The van der Waals surface area contributed by atoms with E-state index in [1.54, 1.807) is 4.90 Å². The Hall–Kier alpha value is -1.70. The quantitative estimate of drug-likeness (QED) is 0.801. The molecule has 1 heterocycles. The molecular formula is C15H24N2O3. The lowest BCUT2D eigenvalue weighted by Crippen LogP contribution is -2.59. The first-order valence-corrected chi connectivity index (χ1v) is 7.07. The average Bonchev–Trinajstić information content (AvgIpc) is 2.35. The topological polar surface area (TPSA) is 60.9 Å². The third-order valence-electron chi connectivity index (χ3n) is 3.80. The molecule has 0 saturated carbocycles. The Labute approximate surface area is 120 Å². The number of carbonyl (C=O) groups excluding carboxylic acids is 1. The molecule has 2 amide bonds. The van der Waals surface area contributed by atoms with Crippen molar-refractivity contribution in [2.45, 2.75) is 46.1 Å². The summed E-state index contributed by atoms with van der Waals surface area (Å²) in [5.74, 6) is 1.52. The summed E-state index contributed by atoms with van der Waals surface area (Å²) >= 11 is 0. The van der Waals surface area contributed by atoms with Gasteiger partial charge in [-0.05, 0) is 24.7 Å².